The fourth-order valence-electron chi connectivity index (χ4n) is 8.03. The number of esters is 2. The molecule has 1 spiro atoms. The zero-order valence-electron chi connectivity index (χ0n) is 31.9. The van der Waals surface area contributed by atoms with Gasteiger partial charge in [-0.3, -0.25) is 0 Å². The van der Waals surface area contributed by atoms with Crippen molar-refractivity contribution in [3.63, 3.8) is 0 Å². The summed E-state index contributed by atoms with van der Waals surface area (Å²) in [6, 6.07) is 4.32. The summed E-state index contributed by atoms with van der Waals surface area (Å²) in [5.74, 6) is -3.33. The molecular weight excluding hydrogens is 648 g/mol. The molecule has 0 unspecified atom stereocenters. The molecule has 1 aromatic rings. The van der Waals surface area contributed by atoms with Gasteiger partial charge in [0.2, 0.25) is 5.79 Å². The summed E-state index contributed by atoms with van der Waals surface area (Å²) in [6.07, 6.45) is 21.2. The van der Waals surface area contributed by atoms with E-state index in [0.29, 0.717) is 24.8 Å². The second kappa shape index (κ2) is 20.0. The zero-order chi connectivity index (χ0) is 36.7. The number of phenolic OH excluding ortho intramolecular Hbond substituents is 2. The lowest BCUT2D eigenvalue weighted by molar-refractivity contribution is -0.218. The highest BCUT2D eigenvalue weighted by atomic mass is 16.8. The van der Waals surface area contributed by atoms with Gasteiger partial charge in [0.15, 0.2) is 22.9 Å². The first-order chi connectivity index (χ1) is 24.6. The maximum absolute atomic E-state index is 14.1. The summed E-state index contributed by atoms with van der Waals surface area (Å²) in [4.78, 5) is 27.6. The van der Waals surface area contributed by atoms with E-state index in [9.17, 15) is 19.8 Å². The van der Waals surface area contributed by atoms with Crippen molar-refractivity contribution in [3.05, 3.63) is 29.8 Å². The van der Waals surface area contributed by atoms with Gasteiger partial charge in [0.1, 0.15) is 12.2 Å². The van der Waals surface area contributed by atoms with Gasteiger partial charge in [-0.25, -0.2) is 9.59 Å². The predicted octanol–water partition coefficient (Wildman–Crippen LogP) is 10.2. The van der Waals surface area contributed by atoms with Gasteiger partial charge < -0.3 is 33.9 Å². The van der Waals surface area contributed by atoms with E-state index in [0.717, 1.165) is 116 Å². The Morgan fingerprint density at radius 1 is 0.745 bits per heavy atom. The van der Waals surface area contributed by atoms with E-state index in [1.807, 2.05) is 0 Å². The molecule has 0 aromatic heterocycles. The number of rotatable bonds is 23. The second-order valence-electron chi connectivity index (χ2n) is 15.3. The highest BCUT2D eigenvalue weighted by Gasteiger charge is 2.66. The van der Waals surface area contributed by atoms with E-state index < -0.39 is 47.4 Å². The average molecular weight is 715 g/mol. The largest absolute Gasteiger partial charge is 0.504 e. The fourth-order valence-corrected chi connectivity index (χ4v) is 8.03. The van der Waals surface area contributed by atoms with E-state index in [2.05, 4.69) is 27.7 Å². The molecule has 288 valence electrons. The minimum absolute atomic E-state index is 0.128. The van der Waals surface area contributed by atoms with Gasteiger partial charge >= 0.3 is 11.9 Å². The molecule has 1 aromatic carbocycles. The molecule has 9 nitrogen and oxygen atoms in total. The van der Waals surface area contributed by atoms with Crippen LogP contribution in [0.4, 0.5) is 0 Å². The molecule has 0 bridgehead atoms. The Labute approximate surface area is 306 Å². The monoisotopic (exact) mass is 714 g/mol. The number of aromatic hydroxyl groups is 2. The number of phenols is 2. The van der Waals surface area contributed by atoms with Crippen molar-refractivity contribution >= 4 is 18.0 Å². The van der Waals surface area contributed by atoms with Crippen molar-refractivity contribution in [2.45, 2.75) is 204 Å². The summed E-state index contributed by atoms with van der Waals surface area (Å²) in [5.41, 5.74) is -0.782. The Morgan fingerprint density at radius 2 is 1.29 bits per heavy atom. The van der Waals surface area contributed by atoms with Crippen molar-refractivity contribution in [2.24, 2.45) is 0 Å². The number of carbonyl (C=O) groups excluding carboxylic acids is 2. The number of hydrogen-bond acceptors (Lipinski definition) is 9. The quantitative estimate of drug-likeness (QED) is 0.0494. The van der Waals surface area contributed by atoms with Crippen LogP contribution in [-0.2, 0) is 33.3 Å². The van der Waals surface area contributed by atoms with Crippen molar-refractivity contribution < 1.29 is 43.5 Å². The Morgan fingerprint density at radius 3 is 1.82 bits per heavy atom. The number of fused-ring (bicyclic) bond motifs is 1. The molecular formula is C42H66O9. The third-order valence-corrected chi connectivity index (χ3v) is 10.9. The van der Waals surface area contributed by atoms with Gasteiger partial charge in [-0.05, 0) is 49.5 Å². The molecule has 3 fully saturated rings. The van der Waals surface area contributed by atoms with E-state index in [-0.39, 0.29) is 17.9 Å². The number of hydrogen-bond donors (Lipinski definition) is 2. The fraction of sp³-hybridized carbons (Fsp3) is 0.762. The number of unbranched alkanes of at least 4 members (excludes halogenated alkanes) is 12. The third-order valence-electron chi connectivity index (χ3n) is 10.9. The van der Waals surface area contributed by atoms with E-state index >= 15 is 0 Å². The minimum Gasteiger partial charge on any atom is -0.504 e. The van der Waals surface area contributed by atoms with Crippen LogP contribution >= 0.6 is 0 Å². The molecule has 0 amide bonds. The van der Waals surface area contributed by atoms with Crippen LogP contribution < -0.4 is 0 Å². The van der Waals surface area contributed by atoms with Crippen LogP contribution in [0.2, 0.25) is 0 Å². The van der Waals surface area contributed by atoms with Gasteiger partial charge in [-0.15, -0.1) is 0 Å². The normalized spacial score (nSPS) is 25.0. The summed E-state index contributed by atoms with van der Waals surface area (Å²) in [5, 5.41) is 19.6. The molecule has 4 atom stereocenters. The molecule has 1 aliphatic carbocycles. The van der Waals surface area contributed by atoms with Gasteiger partial charge in [-0.2, -0.15) is 0 Å². The SMILES string of the molecule is CCCCCCC1(CCCCCC)O[C@H]2[C@H](OC(=O)/C=C/c3ccc(O)c(O)c3)C[C@]3(C[C@H]2O1)OC(CCCCCC)(CCCCCC)OC3=O. The van der Waals surface area contributed by atoms with Crippen LogP contribution in [0, 0.1) is 0 Å². The van der Waals surface area contributed by atoms with Crippen molar-refractivity contribution in [2.75, 3.05) is 0 Å². The summed E-state index contributed by atoms with van der Waals surface area (Å²) in [7, 11) is 0. The lowest BCUT2D eigenvalue weighted by Gasteiger charge is -2.40. The van der Waals surface area contributed by atoms with E-state index in [1.165, 1.54) is 24.3 Å². The molecule has 1 saturated carbocycles. The van der Waals surface area contributed by atoms with Crippen LogP contribution in [0.1, 0.15) is 175 Å². The standard InChI is InChI=1S/C42H66O9/c1-5-9-13-17-25-41(26-18-14-10-6-2)48-36-31-40(39(46)50-42(51-40,27-19-15-11-7-3)28-20-16-12-8-4)30-35(38(36)49-41)47-37(45)24-22-32-21-23-33(43)34(44)29-32/h21-24,29,35-36,38,43-44H,5-20,25-28,30-31H2,1-4H3/b24-22+/t35-,36-,38+,40-/m1/s1. The molecule has 2 N–H and O–H groups in total. The van der Waals surface area contributed by atoms with Gasteiger partial charge in [-0.1, -0.05) is 111 Å². The van der Waals surface area contributed by atoms with Gasteiger partial charge in [0.05, 0.1) is 6.10 Å². The van der Waals surface area contributed by atoms with Crippen molar-refractivity contribution in [3.8, 4) is 11.5 Å². The van der Waals surface area contributed by atoms with Crippen molar-refractivity contribution in [1.29, 1.82) is 0 Å². The number of benzene rings is 1. The topological polar surface area (TPSA) is 121 Å². The Kier molecular flexibility index (Phi) is 16.1. The Balaban J connectivity index is 1.61. The molecule has 0 radical (unpaired) electrons. The first kappa shape index (κ1) is 41.1. The molecule has 3 aliphatic rings. The summed E-state index contributed by atoms with van der Waals surface area (Å²) in [6.45, 7) is 8.76. The van der Waals surface area contributed by atoms with Gasteiger partial charge in [0.25, 0.3) is 0 Å². The summed E-state index contributed by atoms with van der Waals surface area (Å²) < 4.78 is 33.3. The molecule has 9 heteroatoms. The molecule has 2 aliphatic heterocycles. The minimum atomic E-state index is -1.31. The summed E-state index contributed by atoms with van der Waals surface area (Å²) >= 11 is 0. The van der Waals surface area contributed by atoms with Crippen LogP contribution in [0.5, 0.6) is 11.5 Å². The molecule has 2 saturated heterocycles. The Bertz CT molecular complexity index is 1240. The number of ether oxygens (including phenoxy) is 5. The first-order valence-corrected chi connectivity index (χ1v) is 20.3. The van der Waals surface area contributed by atoms with Crippen LogP contribution in [0.3, 0.4) is 0 Å². The van der Waals surface area contributed by atoms with Crippen molar-refractivity contribution in [1.82, 2.24) is 0 Å². The first-order valence-electron chi connectivity index (χ1n) is 20.3. The zero-order valence-corrected chi connectivity index (χ0v) is 31.9. The number of cyclic esters (lactones) is 1. The van der Waals surface area contributed by atoms with E-state index in [1.54, 1.807) is 6.07 Å². The molecule has 51 heavy (non-hydrogen) atoms. The molecule has 2 heterocycles. The lowest BCUT2D eigenvalue weighted by Crippen LogP contribution is -2.56. The number of carbonyl (C=O) groups is 2. The second-order valence-corrected chi connectivity index (χ2v) is 15.3. The average Bonchev–Trinajstić information content (AvgIpc) is 3.60. The maximum atomic E-state index is 14.1. The smallest absolute Gasteiger partial charge is 0.341 e. The molecule has 4 rings (SSSR count). The van der Waals surface area contributed by atoms with Crippen LogP contribution in [0.25, 0.3) is 6.08 Å². The lowest BCUT2D eigenvalue weighted by atomic mass is 9.79. The Hall–Kier alpha value is -2.62. The predicted molar refractivity (Wildman–Crippen MR) is 198 cm³/mol. The van der Waals surface area contributed by atoms with Crippen LogP contribution in [-0.4, -0.2) is 57.6 Å². The van der Waals surface area contributed by atoms with Gasteiger partial charge in [0, 0.05) is 44.6 Å². The highest BCUT2D eigenvalue weighted by molar-refractivity contribution is 5.87. The maximum Gasteiger partial charge on any atom is 0.341 e. The highest BCUT2D eigenvalue weighted by Crippen LogP contribution is 2.52. The third kappa shape index (κ3) is 11.4. The van der Waals surface area contributed by atoms with Crippen LogP contribution in [0.15, 0.2) is 24.3 Å². The van der Waals surface area contributed by atoms with E-state index in [4.69, 9.17) is 23.7 Å².